The lowest BCUT2D eigenvalue weighted by atomic mass is 10.00. The summed E-state index contributed by atoms with van der Waals surface area (Å²) in [6, 6.07) is 5.70. The predicted octanol–water partition coefficient (Wildman–Crippen LogP) is 4.41. The fourth-order valence-electron chi connectivity index (χ4n) is 2.24. The molecule has 0 unspecified atom stereocenters. The maximum Gasteiger partial charge on any atom is 0.256 e. The van der Waals surface area contributed by atoms with Gasteiger partial charge in [-0.05, 0) is 58.3 Å². The van der Waals surface area contributed by atoms with E-state index in [0.29, 0.717) is 5.57 Å². The van der Waals surface area contributed by atoms with Gasteiger partial charge in [0.25, 0.3) is 5.91 Å². The van der Waals surface area contributed by atoms with Crippen molar-refractivity contribution in [3.8, 4) is 0 Å². The molecule has 1 aliphatic rings. The molecule has 3 rings (SSSR count). The Balaban J connectivity index is 2.22. The van der Waals surface area contributed by atoms with Crippen LogP contribution in [-0.4, -0.2) is 10.9 Å². The zero-order valence-electron chi connectivity index (χ0n) is 10.6. The Hall–Kier alpha value is -1.46. The molecule has 1 aliphatic heterocycles. The lowest BCUT2D eigenvalue weighted by Crippen LogP contribution is -2.03. The molecule has 1 aromatic carbocycles. The number of fused-ring (bicyclic) bond motifs is 1. The van der Waals surface area contributed by atoms with Gasteiger partial charge in [-0.1, -0.05) is 15.9 Å². The molecule has 1 amide bonds. The first kappa shape index (κ1) is 13.5. The van der Waals surface area contributed by atoms with Gasteiger partial charge in [0, 0.05) is 32.5 Å². The highest BCUT2D eigenvalue weighted by atomic mass is 79.9. The van der Waals surface area contributed by atoms with Crippen molar-refractivity contribution in [2.75, 3.05) is 5.32 Å². The summed E-state index contributed by atoms with van der Waals surface area (Å²) in [4.78, 5) is 16.2. The average Bonchev–Trinajstić information content (AvgIpc) is 2.76. The van der Waals surface area contributed by atoms with Gasteiger partial charge in [-0.15, -0.1) is 0 Å². The van der Waals surface area contributed by atoms with E-state index in [1.165, 1.54) is 0 Å². The van der Waals surface area contributed by atoms with Crippen LogP contribution in [0, 0.1) is 6.92 Å². The highest BCUT2D eigenvalue weighted by Gasteiger charge is 2.28. The summed E-state index contributed by atoms with van der Waals surface area (Å²) in [5.41, 5.74) is 4.44. The second-order valence-corrected chi connectivity index (χ2v) is 6.22. The van der Waals surface area contributed by atoms with Gasteiger partial charge in [0.2, 0.25) is 0 Å². The molecule has 0 spiro atoms. The zero-order valence-corrected chi connectivity index (χ0v) is 13.7. The molecule has 0 bridgehead atoms. The summed E-state index contributed by atoms with van der Waals surface area (Å²) >= 11 is 7.02. The van der Waals surface area contributed by atoms with Crippen LogP contribution in [0.2, 0.25) is 0 Å². The van der Waals surface area contributed by atoms with Crippen LogP contribution in [0.1, 0.15) is 16.7 Å². The first-order valence-electron chi connectivity index (χ1n) is 6.00. The molecule has 20 heavy (non-hydrogen) atoms. The molecular weight excluding hydrogens is 384 g/mol. The van der Waals surface area contributed by atoms with Gasteiger partial charge in [-0.3, -0.25) is 9.78 Å². The molecule has 3 nitrogen and oxygen atoms in total. The minimum atomic E-state index is -0.0845. The minimum absolute atomic E-state index is 0.0845. The standard InChI is InChI=1S/C15H10Br2N2O/c1-8-11(16)7-12(17)14-13(8)10(15(20)19-14)6-9-2-4-18-5-3-9/h2-7H,1H3,(H,19,20). The highest BCUT2D eigenvalue weighted by molar-refractivity contribution is 9.11. The van der Waals surface area contributed by atoms with Gasteiger partial charge in [-0.25, -0.2) is 0 Å². The Labute approximate surface area is 133 Å². The number of nitrogens with zero attached hydrogens (tertiary/aromatic N) is 1. The van der Waals surface area contributed by atoms with Gasteiger partial charge in [-0.2, -0.15) is 0 Å². The normalized spacial score (nSPS) is 15.3. The number of nitrogens with one attached hydrogen (secondary N) is 1. The Bertz CT molecular complexity index is 739. The van der Waals surface area contributed by atoms with Crippen LogP contribution in [0.25, 0.3) is 11.6 Å². The number of anilines is 1. The number of rotatable bonds is 1. The van der Waals surface area contributed by atoms with E-state index in [4.69, 9.17) is 0 Å². The van der Waals surface area contributed by atoms with Crippen molar-refractivity contribution in [1.82, 2.24) is 4.98 Å². The van der Waals surface area contributed by atoms with Crippen LogP contribution in [-0.2, 0) is 4.79 Å². The number of hydrogen-bond acceptors (Lipinski definition) is 2. The van der Waals surface area contributed by atoms with Crippen molar-refractivity contribution in [3.05, 3.63) is 56.2 Å². The third kappa shape index (κ3) is 2.21. The summed E-state index contributed by atoms with van der Waals surface area (Å²) in [7, 11) is 0. The molecule has 5 heteroatoms. The van der Waals surface area contributed by atoms with Crippen LogP contribution in [0.15, 0.2) is 39.5 Å². The van der Waals surface area contributed by atoms with E-state index in [9.17, 15) is 4.79 Å². The summed E-state index contributed by atoms with van der Waals surface area (Å²) < 4.78 is 1.84. The molecule has 2 aromatic rings. The topological polar surface area (TPSA) is 42.0 Å². The van der Waals surface area contributed by atoms with Crippen molar-refractivity contribution in [2.45, 2.75) is 6.92 Å². The van der Waals surface area contributed by atoms with Gasteiger partial charge >= 0.3 is 0 Å². The smallest absolute Gasteiger partial charge is 0.256 e. The molecule has 0 saturated heterocycles. The van der Waals surface area contributed by atoms with Crippen LogP contribution >= 0.6 is 31.9 Å². The number of aromatic nitrogens is 1. The molecular formula is C15H10Br2N2O. The van der Waals surface area contributed by atoms with Gasteiger partial charge in [0.15, 0.2) is 0 Å². The molecule has 0 saturated carbocycles. The molecule has 0 fully saturated rings. The van der Waals surface area contributed by atoms with E-state index in [0.717, 1.165) is 31.3 Å². The fraction of sp³-hybridized carbons (Fsp3) is 0.0667. The molecule has 2 heterocycles. The van der Waals surface area contributed by atoms with E-state index >= 15 is 0 Å². The molecule has 1 aromatic heterocycles. The van der Waals surface area contributed by atoms with E-state index in [1.807, 2.05) is 31.2 Å². The Morgan fingerprint density at radius 1 is 1.20 bits per heavy atom. The lowest BCUT2D eigenvalue weighted by molar-refractivity contribution is -0.110. The van der Waals surface area contributed by atoms with Gasteiger partial charge in [0.05, 0.1) is 5.69 Å². The predicted molar refractivity (Wildman–Crippen MR) is 87.3 cm³/mol. The summed E-state index contributed by atoms with van der Waals surface area (Å²) in [6.07, 6.45) is 5.31. The maximum atomic E-state index is 12.2. The number of benzene rings is 1. The third-order valence-electron chi connectivity index (χ3n) is 3.25. The molecule has 0 aliphatic carbocycles. The zero-order chi connectivity index (χ0) is 14.3. The van der Waals surface area contributed by atoms with Gasteiger partial charge in [0.1, 0.15) is 0 Å². The number of pyridine rings is 1. The molecule has 0 atom stereocenters. The van der Waals surface area contributed by atoms with E-state index in [2.05, 4.69) is 42.2 Å². The maximum absolute atomic E-state index is 12.2. The van der Waals surface area contributed by atoms with Crippen LogP contribution in [0.4, 0.5) is 5.69 Å². The lowest BCUT2D eigenvalue weighted by Gasteiger charge is -2.08. The monoisotopic (exact) mass is 392 g/mol. The summed E-state index contributed by atoms with van der Waals surface area (Å²) in [5, 5.41) is 2.91. The van der Waals surface area contributed by atoms with Crippen LogP contribution < -0.4 is 5.32 Å². The van der Waals surface area contributed by atoms with Crippen molar-refractivity contribution in [3.63, 3.8) is 0 Å². The first-order valence-corrected chi connectivity index (χ1v) is 7.58. The molecule has 100 valence electrons. The average molecular weight is 394 g/mol. The number of hydrogen-bond donors (Lipinski definition) is 1. The molecule has 1 N–H and O–H groups in total. The van der Waals surface area contributed by atoms with E-state index in [1.54, 1.807) is 12.4 Å². The van der Waals surface area contributed by atoms with Crippen molar-refractivity contribution < 1.29 is 4.79 Å². The van der Waals surface area contributed by atoms with Gasteiger partial charge < -0.3 is 5.32 Å². The van der Waals surface area contributed by atoms with Crippen LogP contribution in [0.3, 0.4) is 0 Å². The van der Waals surface area contributed by atoms with Crippen molar-refractivity contribution >= 4 is 55.1 Å². The largest absolute Gasteiger partial charge is 0.320 e. The summed E-state index contributed by atoms with van der Waals surface area (Å²) in [5.74, 6) is -0.0845. The second-order valence-electron chi connectivity index (χ2n) is 4.51. The highest BCUT2D eigenvalue weighted by Crippen LogP contribution is 2.43. The first-order chi connectivity index (χ1) is 9.58. The quantitative estimate of drug-likeness (QED) is 0.729. The second kappa shape index (κ2) is 5.14. The number of carbonyl (C=O) groups is 1. The Morgan fingerprint density at radius 2 is 1.90 bits per heavy atom. The Morgan fingerprint density at radius 3 is 2.60 bits per heavy atom. The SMILES string of the molecule is Cc1c(Br)cc(Br)c2c1C(=Cc1ccncc1)C(=O)N2. The van der Waals surface area contributed by atoms with E-state index < -0.39 is 0 Å². The summed E-state index contributed by atoms with van der Waals surface area (Å²) in [6.45, 7) is 2.00. The van der Waals surface area contributed by atoms with E-state index in [-0.39, 0.29) is 5.91 Å². The van der Waals surface area contributed by atoms with Crippen molar-refractivity contribution in [2.24, 2.45) is 0 Å². The van der Waals surface area contributed by atoms with Crippen LogP contribution in [0.5, 0.6) is 0 Å². The number of halogens is 2. The Kier molecular flexibility index (Phi) is 3.48. The van der Waals surface area contributed by atoms with Crippen molar-refractivity contribution in [1.29, 1.82) is 0 Å². The molecule has 0 radical (unpaired) electrons. The fourth-order valence-corrected chi connectivity index (χ4v) is 3.50. The third-order valence-corrected chi connectivity index (χ3v) is 4.69. The number of amides is 1. The minimum Gasteiger partial charge on any atom is -0.320 e. The number of carbonyl (C=O) groups excluding carboxylic acids is 1.